The van der Waals surface area contributed by atoms with Crippen molar-refractivity contribution < 1.29 is 14.7 Å². The predicted molar refractivity (Wildman–Crippen MR) is 103 cm³/mol. The van der Waals surface area contributed by atoms with Crippen molar-refractivity contribution in [1.82, 2.24) is 10.4 Å². The van der Waals surface area contributed by atoms with Crippen LogP contribution in [0.25, 0.3) is 6.08 Å². The summed E-state index contributed by atoms with van der Waals surface area (Å²) in [5, 5.41) is 12.0. The van der Waals surface area contributed by atoms with E-state index in [0.29, 0.717) is 12.1 Å². The van der Waals surface area contributed by atoms with Gasteiger partial charge in [0.1, 0.15) is 0 Å². The van der Waals surface area contributed by atoms with Gasteiger partial charge in [-0.2, -0.15) is 0 Å². The van der Waals surface area contributed by atoms with Crippen LogP contribution in [0, 0.1) is 12.1 Å². The third-order valence-corrected chi connectivity index (χ3v) is 4.33. The molecule has 27 heavy (non-hydrogen) atoms. The Bertz CT molecular complexity index is 786. The second-order valence-corrected chi connectivity index (χ2v) is 6.30. The molecule has 1 fully saturated rings. The van der Waals surface area contributed by atoms with Crippen molar-refractivity contribution in [3.8, 4) is 0 Å². The summed E-state index contributed by atoms with van der Waals surface area (Å²) in [6.45, 7) is 5.12. The fourth-order valence-electron chi connectivity index (χ4n) is 2.94. The zero-order chi connectivity index (χ0) is 18.9. The summed E-state index contributed by atoms with van der Waals surface area (Å²) in [7, 11) is 0. The summed E-state index contributed by atoms with van der Waals surface area (Å²) in [4.78, 5) is 13.6. The molecule has 1 aliphatic rings. The number of morpholine rings is 1. The van der Waals surface area contributed by atoms with Crippen molar-refractivity contribution >= 4 is 17.7 Å². The number of hydrogen-bond donors (Lipinski definition) is 3. The fourth-order valence-corrected chi connectivity index (χ4v) is 2.94. The number of rotatable bonds is 7. The average molecular weight is 365 g/mol. The van der Waals surface area contributed by atoms with E-state index in [0.717, 1.165) is 38.5 Å². The van der Waals surface area contributed by atoms with Gasteiger partial charge in [0, 0.05) is 37.8 Å². The quantitative estimate of drug-likeness (QED) is 0.399. The zero-order valence-corrected chi connectivity index (χ0v) is 15.1. The maximum Gasteiger partial charge on any atom is 0.267 e. The van der Waals surface area contributed by atoms with E-state index in [2.05, 4.69) is 46.6 Å². The standard InChI is InChI=1S/C21H23N3O3/c25-21(23-26)9-8-19-6-1-2-7-20(19)22-15-17-4-3-5-18(14-17)16-24-10-12-27-13-11-24/h2-5,7-9,14,22,26H,10-13,15-16H2,(H,23,25)/b9-8+. The van der Waals surface area contributed by atoms with Crippen molar-refractivity contribution in [3.63, 3.8) is 0 Å². The van der Waals surface area contributed by atoms with Crippen molar-refractivity contribution in [2.24, 2.45) is 0 Å². The van der Waals surface area contributed by atoms with E-state index in [1.807, 2.05) is 6.07 Å². The second kappa shape index (κ2) is 9.74. The first kappa shape index (κ1) is 18.9. The highest BCUT2D eigenvalue weighted by molar-refractivity contribution is 5.91. The van der Waals surface area contributed by atoms with Crippen LogP contribution < -0.4 is 10.8 Å². The Labute approximate surface area is 159 Å². The van der Waals surface area contributed by atoms with E-state index in [9.17, 15) is 4.79 Å². The molecule has 2 aromatic carbocycles. The lowest BCUT2D eigenvalue weighted by Crippen LogP contribution is -2.35. The minimum atomic E-state index is -0.589. The van der Waals surface area contributed by atoms with Crippen LogP contribution in [-0.4, -0.2) is 42.3 Å². The Balaban J connectivity index is 1.62. The van der Waals surface area contributed by atoms with Gasteiger partial charge >= 0.3 is 0 Å². The molecule has 6 nitrogen and oxygen atoms in total. The monoisotopic (exact) mass is 365 g/mol. The van der Waals surface area contributed by atoms with Gasteiger partial charge in [-0.05, 0) is 29.3 Å². The molecule has 1 aliphatic heterocycles. The molecule has 140 valence electrons. The van der Waals surface area contributed by atoms with Crippen molar-refractivity contribution in [2.45, 2.75) is 13.1 Å². The van der Waals surface area contributed by atoms with Gasteiger partial charge in [0.25, 0.3) is 5.91 Å². The smallest absolute Gasteiger partial charge is 0.267 e. The molecular weight excluding hydrogens is 342 g/mol. The van der Waals surface area contributed by atoms with Gasteiger partial charge in [-0.3, -0.25) is 14.9 Å². The highest BCUT2D eigenvalue weighted by Crippen LogP contribution is 2.16. The highest BCUT2D eigenvalue weighted by Gasteiger charge is 2.10. The van der Waals surface area contributed by atoms with Gasteiger partial charge < -0.3 is 10.1 Å². The second-order valence-electron chi connectivity index (χ2n) is 6.30. The molecule has 2 aromatic rings. The number of anilines is 1. The lowest BCUT2D eigenvalue weighted by molar-refractivity contribution is -0.124. The molecular formula is C21H23N3O3. The van der Waals surface area contributed by atoms with Crippen molar-refractivity contribution in [3.05, 3.63) is 71.3 Å². The number of hydrogen-bond acceptors (Lipinski definition) is 5. The summed E-state index contributed by atoms with van der Waals surface area (Å²) in [5.74, 6) is -0.589. The number of carbonyl (C=O) groups is 1. The third kappa shape index (κ3) is 5.83. The normalized spacial score (nSPS) is 14.7. The van der Waals surface area contributed by atoms with E-state index in [4.69, 9.17) is 9.94 Å². The molecule has 1 amide bonds. The Morgan fingerprint density at radius 3 is 2.89 bits per heavy atom. The van der Waals surface area contributed by atoms with Crippen LogP contribution >= 0.6 is 0 Å². The maximum absolute atomic E-state index is 11.2. The van der Waals surface area contributed by atoms with E-state index < -0.39 is 5.91 Å². The average Bonchev–Trinajstić information content (AvgIpc) is 2.72. The number of benzene rings is 1. The molecule has 0 saturated carbocycles. The lowest BCUT2D eigenvalue weighted by Gasteiger charge is -2.26. The van der Waals surface area contributed by atoms with Crippen molar-refractivity contribution in [1.29, 1.82) is 0 Å². The number of ether oxygens (including phenoxy) is 1. The van der Waals surface area contributed by atoms with Gasteiger partial charge in [-0.1, -0.05) is 36.4 Å². The summed E-state index contributed by atoms with van der Waals surface area (Å²) in [6, 6.07) is 18.0. The van der Waals surface area contributed by atoms with E-state index in [-0.39, 0.29) is 0 Å². The van der Waals surface area contributed by atoms with Gasteiger partial charge in [0.05, 0.1) is 18.9 Å². The molecule has 0 radical (unpaired) electrons. The molecule has 0 unspecified atom stereocenters. The summed E-state index contributed by atoms with van der Waals surface area (Å²) < 4.78 is 5.40. The Morgan fingerprint density at radius 2 is 2.07 bits per heavy atom. The molecule has 3 N–H and O–H groups in total. The van der Waals surface area contributed by atoms with Gasteiger partial charge in [-0.15, -0.1) is 0 Å². The summed E-state index contributed by atoms with van der Waals surface area (Å²) in [5.41, 5.74) is 5.57. The topological polar surface area (TPSA) is 73.8 Å². The number of carbonyl (C=O) groups excluding carboxylic acids is 1. The predicted octanol–water partition coefficient (Wildman–Crippen LogP) is 2.25. The first-order valence-electron chi connectivity index (χ1n) is 8.91. The molecule has 0 atom stereocenters. The number of nitrogens with zero attached hydrogens (tertiary/aromatic N) is 1. The van der Waals surface area contributed by atoms with Crippen LogP contribution in [0.3, 0.4) is 0 Å². The molecule has 0 bridgehead atoms. The van der Waals surface area contributed by atoms with Gasteiger partial charge in [-0.25, -0.2) is 5.48 Å². The van der Waals surface area contributed by atoms with E-state index >= 15 is 0 Å². The number of amides is 1. The maximum atomic E-state index is 11.2. The van der Waals surface area contributed by atoms with Crippen LogP contribution in [0.4, 0.5) is 5.69 Å². The van der Waals surface area contributed by atoms with Gasteiger partial charge in [0.15, 0.2) is 0 Å². The first-order chi connectivity index (χ1) is 13.2. The fraction of sp³-hybridized carbons (Fsp3) is 0.286. The minimum absolute atomic E-state index is 0.589. The van der Waals surface area contributed by atoms with Gasteiger partial charge in [0.2, 0.25) is 0 Å². The van der Waals surface area contributed by atoms with Crippen LogP contribution in [0.5, 0.6) is 0 Å². The van der Waals surface area contributed by atoms with Crippen LogP contribution in [-0.2, 0) is 22.6 Å². The molecule has 3 rings (SSSR count). The third-order valence-electron chi connectivity index (χ3n) is 4.33. The number of nitrogens with one attached hydrogen (secondary N) is 2. The summed E-state index contributed by atoms with van der Waals surface area (Å²) >= 11 is 0. The molecule has 6 heteroatoms. The highest BCUT2D eigenvalue weighted by atomic mass is 16.5. The minimum Gasteiger partial charge on any atom is -0.380 e. The Kier molecular flexibility index (Phi) is 6.83. The number of hydroxylamine groups is 1. The molecule has 0 spiro atoms. The Morgan fingerprint density at radius 1 is 1.26 bits per heavy atom. The first-order valence-corrected chi connectivity index (χ1v) is 8.91. The molecule has 0 aromatic heterocycles. The van der Waals surface area contributed by atoms with E-state index in [1.165, 1.54) is 17.2 Å². The van der Waals surface area contributed by atoms with Crippen molar-refractivity contribution in [2.75, 3.05) is 31.6 Å². The lowest BCUT2D eigenvalue weighted by atomic mass is 10.1. The van der Waals surface area contributed by atoms with Crippen LogP contribution in [0.15, 0.2) is 42.5 Å². The van der Waals surface area contributed by atoms with Crippen LogP contribution in [0.1, 0.15) is 16.7 Å². The summed E-state index contributed by atoms with van der Waals surface area (Å²) in [6.07, 6.45) is 2.83. The van der Waals surface area contributed by atoms with Crippen LogP contribution in [0.2, 0.25) is 0 Å². The largest absolute Gasteiger partial charge is 0.380 e. The zero-order valence-electron chi connectivity index (χ0n) is 15.1. The Hall–Kier alpha value is -2.85. The molecule has 0 aliphatic carbocycles. The molecule has 1 heterocycles. The SMILES string of the molecule is O=C(/C=C/c1c#cccc1NCc1cccc(CN2CCOCC2)c1)NO. The van der Waals surface area contributed by atoms with E-state index in [1.54, 1.807) is 17.6 Å². The molecule has 1 saturated heterocycles.